The molecule has 1 heterocycles. The number of ketones is 1. The van der Waals surface area contributed by atoms with Gasteiger partial charge in [0.15, 0.2) is 5.75 Å². The lowest BCUT2D eigenvalue weighted by Gasteiger charge is -2.05. The third-order valence-electron chi connectivity index (χ3n) is 3.00. The zero-order valence-electron chi connectivity index (χ0n) is 9.11. The van der Waals surface area contributed by atoms with Gasteiger partial charge in [-0.3, -0.25) is 4.79 Å². The summed E-state index contributed by atoms with van der Waals surface area (Å²) in [7, 11) is 0.348. The fourth-order valence-corrected chi connectivity index (χ4v) is 4.39. The Morgan fingerprint density at radius 2 is 2.13 bits per heavy atom. The van der Waals surface area contributed by atoms with E-state index < -0.39 is 0 Å². The Bertz CT molecular complexity index is 334. The van der Waals surface area contributed by atoms with E-state index in [1.54, 1.807) is 0 Å². The van der Waals surface area contributed by atoms with E-state index in [2.05, 4.69) is 6.92 Å². The number of hydrogen-bond donors (Lipinski definition) is 0. The van der Waals surface area contributed by atoms with Crippen molar-refractivity contribution in [2.45, 2.75) is 25.0 Å². The second-order valence-corrected chi connectivity index (χ2v) is 6.70. The molecule has 0 aromatic heterocycles. The van der Waals surface area contributed by atoms with E-state index in [0.717, 1.165) is 16.6 Å². The number of carbonyl (C=O) groups excluding carboxylic acids is 1. The van der Waals surface area contributed by atoms with Gasteiger partial charge in [-0.25, -0.2) is 0 Å². The van der Waals surface area contributed by atoms with Crippen molar-refractivity contribution < 1.29 is 4.79 Å². The summed E-state index contributed by atoms with van der Waals surface area (Å²) in [5, 5.41) is 0.762. The largest absolute Gasteiger partial charge is 0.289 e. The predicted octanol–water partition coefficient (Wildman–Crippen LogP) is 2.67. The van der Waals surface area contributed by atoms with Crippen LogP contribution in [0.5, 0.6) is 0 Å². The first-order chi connectivity index (χ1) is 7.27. The molecule has 0 spiro atoms. The van der Waals surface area contributed by atoms with Crippen molar-refractivity contribution in [1.29, 1.82) is 0 Å². The van der Waals surface area contributed by atoms with Crippen LogP contribution in [0.1, 0.15) is 30.1 Å². The molecule has 2 unspecified atom stereocenters. The van der Waals surface area contributed by atoms with E-state index in [0.29, 0.717) is 16.7 Å². The fraction of sp³-hybridized carbons (Fsp3) is 0.462. The molecule has 2 heteroatoms. The zero-order valence-corrected chi connectivity index (χ0v) is 9.93. The second kappa shape index (κ2) is 4.84. The molecule has 1 aliphatic rings. The van der Waals surface area contributed by atoms with Crippen LogP contribution in [0.2, 0.25) is 0 Å². The van der Waals surface area contributed by atoms with Crippen LogP contribution < -0.4 is 0 Å². The lowest BCUT2D eigenvalue weighted by atomic mass is 10.2. The number of hydrogen-bond acceptors (Lipinski definition) is 1. The summed E-state index contributed by atoms with van der Waals surface area (Å²) in [6.45, 7) is 2.29. The van der Waals surface area contributed by atoms with Crippen LogP contribution in [0.25, 0.3) is 0 Å². The maximum Gasteiger partial charge on any atom is 0.211 e. The molecule has 0 saturated carbocycles. The average molecular weight is 221 g/mol. The minimum Gasteiger partial charge on any atom is -0.289 e. The molecule has 2 rings (SSSR count). The van der Waals surface area contributed by atoms with E-state index in [9.17, 15) is 4.79 Å². The number of Topliss-reactive ketones (excluding diaryl/α,β-unsaturated/α-hetero) is 1. The van der Waals surface area contributed by atoms with Gasteiger partial charge in [0.1, 0.15) is 11.0 Å². The minimum absolute atomic E-state index is 0.327. The molecule has 2 atom stereocenters. The molecule has 1 aromatic carbocycles. The van der Waals surface area contributed by atoms with Gasteiger partial charge in [0.2, 0.25) is 5.78 Å². The van der Waals surface area contributed by atoms with Crippen LogP contribution in [0.4, 0.5) is 0 Å². The lowest BCUT2D eigenvalue weighted by molar-refractivity contribution is 0.102. The Labute approximate surface area is 94.2 Å². The van der Waals surface area contributed by atoms with Crippen molar-refractivity contribution in [3.8, 4) is 0 Å². The Kier molecular flexibility index (Phi) is 3.47. The monoisotopic (exact) mass is 221 g/mol. The molecule has 1 aliphatic heterocycles. The van der Waals surface area contributed by atoms with Gasteiger partial charge in [-0.15, -0.1) is 0 Å². The molecule has 1 nitrogen and oxygen atoms in total. The highest BCUT2D eigenvalue weighted by atomic mass is 32.2. The first-order valence-electron chi connectivity index (χ1n) is 5.52. The van der Waals surface area contributed by atoms with Crippen molar-refractivity contribution in [2.75, 3.05) is 11.5 Å². The number of rotatable bonds is 3. The number of benzene rings is 1. The maximum absolute atomic E-state index is 12.0. The highest BCUT2D eigenvalue weighted by Gasteiger charge is 2.34. The van der Waals surface area contributed by atoms with E-state index in [1.807, 2.05) is 30.3 Å². The van der Waals surface area contributed by atoms with E-state index in [4.69, 9.17) is 0 Å². The first-order valence-corrected chi connectivity index (χ1v) is 7.14. The molecule has 0 radical (unpaired) electrons. The average Bonchev–Trinajstić information content (AvgIpc) is 2.66. The van der Waals surface area contributed by atoms with Crippen LogP contribution in [0.15, 0.2) is 30.3 Å². The molecule has 1 aromatic rings. The van der Waals surface area contributed by atoms with Crippen LogP contribution in [0.3, 0.4) is 0 Å². The minimum atomic E-state index is 0.327. The quantitative estimate of drug-likeness (QED) is 0.566. The zero-order chi connectivity index (χ0) is 10.7. The van der Waals surface area contributed by atoms with E-state index in [1.165, 1.54) is 18.6 Å². The van der Waals surface area contributed by atoms with Crippen LogP contribution in [-0.2, 0) is 10.9 Å². The Balaban J connectivity index is 1.98. The summed E-state index contributed by atoms with van der Waals surface area (Å²) in [6.07, 6.45) is 2.62. The summed E-state index contributed by atoms with van der Waals surface area (Å²) in [5.41, 5.74) is 0.879. The van der Waals surface area contributed by atoms with Crippen molar-refractivity contribution in [2.24, 2.45) is 0 Å². The van der Waals surface area contributed by atoms with Gasteiger partial charge in [-0.2, -0.15) is 0 Å². The molecule has 0 N–H and O–H groups in total. The summed E-state index contributed by atoms with van der Waals surface area (Å²) < 4.78 is 0. The SMILES string of the molecule is CC1CCC[S+]1CC(=O)c1ccccc1. The smallest absolute Gasteiger partial charge is 0.211 e. The summed E-state index contributed by atoms with van der Waals surface area (Å²) in [5.74, 6) is 2.36. The molecule has 15 heavy (non-hydrogen) atoms. The molecule has 0 amide bonds. The van der Waals surface area contributed by atoms with Crippen molar-refractivity contribution in [1.82, 2.24) is 0 Å². The highest BCUT2D eigenvalue weighted by Crippen LogP contribution is 2.22. The molecule has 0 bridgehead atoms. The topological polar surface area (TPSA) is 17.1 Å². The van der Waals surface area contributed by atoms with Crippen LogP contribution in [-0.4, -0.2) is 22.5 Å². The van der Waals surface area contributed by atoms with Gasteiger partial charge in [-0.05, 0) is 30.7 Å². The Morgan fingerprint density at radius 3 is 2.73 bits per heavy atom. The van der Waals surface area contributed by atoms with Gasteiger partial charge >= 0.3 is 0 Å². The van der Waals surface area contributed by atoms with E-state index >= 15 is 0 Å². The molecular weight excluding hydrogens is 204 g/mol. The number of carbonyl (C=O) groups is 1. The standard InChI is InChI=1S/C13H17OS/c1-11-6-5-9-15(11)10-13(14)12-7-3-2-4-8-12/h2-4,7-8,11H,5-6,9-10H2,1H3/q+1. The summed E-state index contributed by atoms with van der Waals surface area (Å²) >= 11 is 0. The van der Waals surface area contributed by atoms with E-state index in [-0.39, 0.29) is 0 Å². The van der Waals surface area contributed by atoms with Gasteiger partial charge in [0, 0.05) is 5.56 Å². The molecule has 80 valence electrons. The van der Waals surface area contributed by atoms with Crippen LogP contribution in [0, 0.1) is 0 Å². The second-order valence-electron chi connectivity index (χ2n) is 4.13. The third-order valence-corrected chi connectivity index (χ3v) is 5.82. The van der Waals surface area contributed by atoms with Gasteiger partial charge in [0.25, 0.3) is 0 Å². The molecule has 1 fully saturated rings. The van der Waals surface area contributed by atoms with Gasteiger partial charge in [0.05, 0.1) is 0 Å². The highest BCUT2D eigenvalue weighted by molar-refractivity contribution is 7.98. The molecule has 0 aliphatic carbocycles. The third kappa shape index (κ3) is 2.63. The van der Waals surface area contributed by atoms with Gasteiger partial charge in [-0.1, -0.05) is 30.3 Å². The predicted molar refractivity (Wildman–Crippen MR) is 66.6 cm³/mol. The molecule has 1 saturated heterocycles. The summed E-state index contributed by atoms with van der Waals surface area (Å²) in [6, 6.07) is 9.68. The van der Waals surface area contributed by atoms with Crippen molar-refractivity contribution in [3.63, 3.8) is 0 Å². The Hall–Kier alpha value is -0.760. The normalized spacial score (nSPS) is 25.4. The first kappa shape index (κ1) is 10.7. The Morgan fingerprint density at radius 1 is 1.40 bits per heavy atom. The maximum atomic E-state index is 12.0. The lowest BCUT2D eigenvalue weighted by Crippen LogP contribution is -2.23. The fourth-order valence-electron chi connectivity index (χ4n) is 2.01. The van der Waals surface area contributed by atoms with Gasteiger partial charge < -0.3 is 0 Å². The summed E-state index contributed by atoms with van der Waals surface area (Å²) in [4.78, 5) is 12.0. The van der Waals surface area contributed by atoms with Crippen molar-refractivity contribution >= 4 is 16.7 Å². The molecular formula is C13H17OS+. The van der Waals surface area contributed by atoms with Crippen LogP contribution >= 0.6 is 0 Å². The van der Waals surface area contributed by atoms with Crippen molar-refractivity contribution in [3.05, 3.63) is 35.9 Å².